The van der Waals surface area contributed by atoms with Gasteiger partial charge in [-0.15, -0.1) is 0 Å². The molecule has 1 aliphatic rings. The molecule has 0 radical (unpaired) electrons. The van der Waals surface area contributed by atoms with Crippen LogP contribution in [0.25, 0.3) is 0 Å². The summed E-state index contributed by atoms with van der Waals surface area (Å²) in [4.78, 5) is 2.66. The smallest absolute Gasteiger partial charge is 0.0309 e. The third-order valence-electron chi connectivity index (χ3n) is 4.25. The van der Waals surface area contributed by atoms with Gasteiger partial charge in [-0.25, -0.2) is 0 Å². The van der Waals surface area contributed by atoms with Crippen molar-refractivity contribution in [1.29, 1.82) is 0 Å². The lowest BCUT2D eigenvalue weighted by atomic mass is 9.87. The molecule has 1 atom stereocenters. The predicted octanol–water partition coefficient (Wildman–Crippen LogP) is 3.01. The first-order chi connectivity index (χ1) is 7.32. The van der Waals surface area contributed by atoms with Gasteiger partial charge in [0.15, 0.2) is 0 Å². The molecule has 96 valence electrons. The molecule has 2 heteroatoms. The topological polar surface area (TPSA) is 29.3 Å². The van der Waals surface area contributed by atoms with E-state index in [-0.39, 0.29) is 5.54 Å². The van der Waals surface area contributed by atoms with Gasteiger partial charge in [0.05, 0.1) is 0 Å². The highest BCUT2D eigenvalue weighted by Crippen LogP contribution is 2.37. The van der Waals surface area contributed by atoms with E-state index in [1.807, 2.05) is 0 Å². The van der Waals surface area contributed by atoms with E-state index in [2.05, 4.69) is 39.5 Å². The van der Waals surface area contributed by atoms with Gasteiger partial charge in [-0.3, -0.25) is 4.90 Å². The van der Waals surface area contributed by atoms with Crippen molar-refractivity contribution in [3.05, 3.63) is 0 Å². The molecule has 0 aromatic carbocycles. The number of nitrogens with two attached hydrogens (primary N) is 1. The summed E-state index contributed by atoms with van der Waals surface area (Å²) in [6, 6.07) is 0. The van der Waals surface area contributed by atoms with Crippen molar-refractivity contribution in [2.45, 2.75) is 71.4 Å². The van der Waals surface area contributed by atoms with Crippen molar-refractivity contribution in [2.24, 2.45) is 11.7 Å². The Labute approximate surface area is 102 Å². The lowest BCUT2D eigenvalue weighted by Crippen LogP contribution is -2.57. The summed E-state index contributed by atoms with van der Waals surface area (Å²) in [5.41, 5.74) is 6.59. The van der Waals surface area contributed by atoms with E-state index in [9.17, 15) is 0 Å². The lowest BCUT2D eigenvalue weighted by Gasteiger charge is -2.46. The third kappa shape index (κ3) is 2.98. The highest BCUT2D eigenvalue weighted by Gasteiger charge is 2.42. The second kappa shape index (κ2) is 5.05. The maximum Gasteiger partial charge on any atom is 0.0309 e. The van der Waals surface area contributed by atoms with E-state index in [4.69, 9.17) is 5.73 Å². The van der Waals surface area contributed by atoms with Crippen molar-refractivity contribution in [2.75, 3.05) is 13.1 Å². The normalized spacial score (nSPS) is 24.9. The first kappa shape index (κ1) is 14.0. The van der Waals surface area contributed by atoms with Gasteiger partial charge in [-0.05, 0) is 58.9 Å². The molecule has 1 rings (SSSR count). The molecule has 0 aromatic heterocycles. The SMILES string of the molecule is CC(C)CCC(C)(CN)N1CCCC1(C)C. The minimum absolute atomic E-state index is 0.199. The van der Waals surface area contributed by atoms with E-state index < -0.39 is 0 Å². The van der Waals surface area contributed by atoms with Crippen LogP contribution in [0.15, 0.2) is 0 Å². The summed E-state index contributed by atoms with van der Waals surface area (Å²) in [5, 5.41) is 0. The summed E-state index contributed by atoms with van der Waals surface area (Å²) >= 11 is 0. The Hall–Kier alpha value is -0.0800. The molecule has 2 nitrogen and oxygen atoms in total. The molecule has 0 amide bonds. The molecule has 0 saturated carbocycles. The maximum absolute atomic E-state index is 6.05. The molecule has 0 aromatic rings. The predicted molar refractivity (Wildman–Crippen MR) is 71.6 cm³/mol. The minimum atomic E-state index is 0.199. The van der Waals surface area contributed by atoms with Crippen molar-refractivity contribution in [1.82, 2.24) is 4.90 Å². The zero-order valence-corrected chi connectivity index (χ0v) is 11.8. The number of hydrogen-bond acceptors (Lipinski definition) is 2. The van der Waals surface area contributed by atoms with Gasteiger partial charge in [-0.2, -0.15) is 0 Å². The zero-order valence-electron chi connectivity index (χ0n) is 11.8. The Morgan fingerprint density at radius 2 is 2.00 bits per heavy atom. The van der Waals surface area contributed by atoms with Crippen molar-refractivity contribution >= 4 is 0 Å². The standard InChI is InChI=1S/C14H30N2/c1-12(2)7-9-14(5,11-15)16-10-6-8-13(16,3)4/h12H,6-11,15H2,1-5H3. The molecular formula is C14H30N2. The Morgan fingerprint density at radius 3 is 2.38 bits per heavy atom. The van der Waals surface area contributed by atoms with E-state index in [0.29, 0.717) is 5.54 Å². The molecule has 1 aliphatic heterocycles. The maximum atomic E-state index is 6.05. The number of rotatable bonds is 5. The number of nitrogens with zero attached hydrogens (tertiary/aromatic N) is 1. The molecule has 16 heavy (non-hydrogen) atoms. The molecule has 1 unspecified atom stereocenters. The molecule has 1 heterocycles. The lowest BCUT2D eigenvalue weighted by molar-refractivity contribution is 0.0377. The van der Waals surface area contributed by atoms with Gasteiger partial charge in [0, 0.05) is 17.6 Å². The van der Waals surface area contributed by atoms with Crippen LogP contribution < -0.4 is 5.73 Å². The average molecular weight is 226 g/mol. The fourth-order valence-electron chi connectivity index (χ4n) is 3.05. The molecule has 0 bridgehead atoms. The summed E-state index contributed by atoms with van der Waals surface area (Å²) in [7, 11) is 0. The van der Waals surface area contributed by atoms with Gasteiger partial charge >= 0.3 is 0 Å². The highest BCUT2D eigenvalue weighted by atomic mass is 15.3. The first-order valence-electron chi connectivity index (χ1n) is 6.80. The van der Waals surface area contributed by atoms with Crippen molar-refractivity contribution < 1.29 is 0 Å². The Kier molecular flexibility index (Phi) is 4.42. The van der Waals surface area contributed by atoms with Crippen LogP contribution in [0, 0.1) is 5.92 Å². The fourth-order valence-corrected chi connectivity index (χ4v) is 3.05. The molecule has 0 spiro atoms. The van der Waals surface area contributed by atoms with Crippen LogP contribution in [-0.4, -0.2) is 29.1 Å². The minimum Gasteiger partial charge on any atom is -0.329 e. The number of likely N-dealkylation sites (tertiary alicyclic amines) is 1. The highest BCUT2D eigenvalue weighted by molar-refractivity contribution is 4.99. The molecule has 2 N–H and O–H groups in total. The van der Waals surface area contributed by atoms with Gasteiger partial charge < -0.3 is 5.73 Å². The van der Waals surface area contributed by atoms with E-state index >= 15 is 0 Å². The second-order valence-electron chi connectivity index (χ2n) is 6.70. The summed E-state index contributed by atoms with van der Waals surface area (Å²) in [6.07, 6.45) is 5.14. The molecule has 0 aliphatic carbocycles. The summed E-state index contributed by atoms with van der Waals surface area (Å²) in [5.74, 6) is 0.775. The Balaban J connectivity index is 2.71. The van der Waals surface area contributed by atoms with Crippen LogP contribution in [0.2, 0.25) is 0 Å². The van der Waals surface area contributed by atoms with Crippen LogP contribution in [0.1, 0.15) is 60.3 Å². The van der Waals surface area contributed by atoms with Crippen LogP contribution in [0.5, 0.6) is 0 Å². The van der Waals surface area contributed by atoms with Crippen LogP contribution >= 0.6 is 0 Å². The van der Waals surface area contributed by atoms with E-state index in [1.165, 1.54) is 32.2 Å². The van der Waals surface area contributed by atoms with Crippen LogP contribution in [0.4, 0.5) is 0 Å². The van der Waals surface area contributed by atoms with Crippen molar-refractivity contribution in [3.63, 3.8) is 0 Å². The zero-order chi connectivity index (χ0) is 12.4. The average Bonchev–Trinajstić information content (AvgIpc) is 2.55. The van der Waals surface area contributed by atoms with Gasteiger partial charge in [0.2, 0.25) is 0 Å². The van der Waals surface area contributed by atoms with Crippen LogP contribution in [0.3, 0.4) is 0 Å². The largest absolute Gasteiger partial charge is 0.329 e. The molecular weight excluding hydrogens is 196 g/mol. The van der Waals surface area contributed by atoms with E-state index in [1.54, 1.807) is 0 Å². The van der Waals surface area contributed by atoms with Crippen LogP contribution in [-0.2, 0) is 0 Å². The molecule has 1 saturated heterocycles. The van der Waals surface area contributed by atoms with Gasteiger partial charge in [-0.1, -0.05) is 13.8 Å². The van der Waals surface area contributed by atoms with Crippen molar-refractivity contribution in [3.8, 4) is 0 Å². The summed E-state index contributed by atoms with van der Waals surface area (Å²) in [6.45, 7) is 13.7. The monoisotopic (exact) mass is 226 g/mol. The Morgan fingerprint density at radius 1 is 1.38 bits per heavy atom. The second-order valence-corrected chi connectivity index (χ2v) is 6.70. The Bertz CT molecular complexity index is 223. The molecule has 1 fully saturated rings. The third-order valence-corrected chi connectivity index (χ3v) is 4.25. The number of hydrogen-bond donors (Lipinski definition) is 1. The van der Waals surface area contributed by atoms with Gasteiger partial charge in [0.25, 0.3) is 0 Å². The first-order valence-corrected chi connectivity index (χ1v) is 6.80. The van der Waals surface area contributed by atoms with E-state index in [0.717, 1.165) is 12.5 Å². The quantitative estimate of drug-likeness (QED) is 0.781. The fraction of sp³-hybridized carbons (Fsp3) is 1.00. The van der Waals surface area contributed by atoms with Gasteiger partial charge in [0.1, 0.15) is 0 Å². The summed E-state index contributed by atoms with van der Waals surface area (Å²) < 4.78 is 0.